The van der Waals surface area contributed by atoms with Crippen LogP contribution in [0.1, 0.15) is 0 Å². The van der Waals surface area contributed by atoms with E-state index in [-0.39, 0.29) is 0 Å². The van der Waals surface area contributed by atoms with Crippen LogP contribution in [-0.4, -0.2) is 9.13 Å². The Hall–Kier alpha value is -3.07. The molecule has 0 atom stereocenters. The maximum Gasteiger partial charge on any atom is 0.287 e. The van der Waals surface area contributed by atoms with E-state index in [1.807, 2.05) is 0 Å². The second-order valence-corrected chi connectivity index (χ2v) is 6.30. The molecule has 3 heterocycles. The van der Waals surface area contributed by atoms with Gasteiger partial charge in [0.15, 0.2) is 0 Å². The zero-order chi connectivity index (χ0) is 16.3. The molecule has 0 amide bonds. The first-order valence-corrected chi connectivity index (χ1v) is 8.19. The number of rotatable bonds is 1. The SMILES string of the molecule is Cn1c2ccccc2c2c3ccccc3n(-c3cccc[n+]3C)c21. The van der Waals surface area contributed by atoms with Gasteiger partial charge in [0.1, 0.15) is 5.52 Å². The van der Waals surface area contributed by atoms with Gasteiger partial charge in [-0.1, -0.05) is 36.4 Å². The summed E-state index contributed by atoms with van der Waals surface area (Å²) in [5, 5.41) is 3.93. The van der Waals surface area contributed by atoms with Gasteiger partial charge in [-0.3, -0.25) is 0 Å². The van der Waals surface area contributed by atoms with Crippen molar-refractivity contribution in [1.82, 2.24) is 9.13 Å². The largest absolute Gasteiger partial charge is 0.311 e. The Morgan fingerprint density at radius 2 is 1.38 bits per heavy atom. The molecule has 3 aromatic heterocycles. The van der Waals surface area contributed by atoms with Crippen LogP contribution in [0.15, 0.2) is 72.9 Å². The molecular weight excluding hydrogens is 294 g/mol. The molecule has 0 fully saturated rings. The van der Waals surface area contributed by atoms with E-state index in [4.69, 9.17) is 0 Å². The van der Waals surface area contributed by atoms with Gasteiger partial charge in [-0.2, -0.15) is 4.57 Å². The van der Waals surface area contributed by atoms with Crippen LogP contribution < -0.4 is 4.57 Å². The van der Waals surface area contributed by atoms with E-state index < -0.39 is 0 Å². The van der Waals surface area contributed by atoms with Crippen molar-refractivity contribution in [3.63, 3.8) is 0 Å². The standard InChI is InChI=1S/C21H18N3/c1-22-14-8-7-13-19(22)24-18-12-6-4-10-16(18)20-15-9-3-5-11-17(15)23(2)21(20)24/h3-14H,1-2H3/q+1. The van der Waals surface area contributed by atoms with Crippen molar-refractivity contribution in [3.8, 4) is 5.82 Å². The molecule has 5 rings (SSSR count). The smallest absolute Gasteiger partial charge is 0.287 e. The van der Waals surface area contributed by atoms with E-state index in [1.54, 1.807) is 0 Å². The molecule has 116 valence electrons. The van der Waals surface area contributed by atoms with E-state index >= 15 is 0 Å². The molecule has 5 aromatic rings. The number of aromatic nitrogens is 3. The molecule has 0 bridgehead atoms. The average Bonchev–Trinajstić information content (AvgIpc) is 3.10. The number of para-hydroxylation sites is 2. The molecule has 0 unspecified atom stereocenters. The molecule has 0 saturated carbocycles. The molecule has 3 nitrogen and oxygen atoms in total. The van der Waals surface area contributed by atoms with Crippen molar-refractivity contribution in [3.05, 3.63) is 72.9 Å². The van der Waals surface area contributed by atoms with Crippen LogP contribution >= 0.6 is 0 Å². The maximum atomic E-state index is 2.37. The quantitative estimate of drug-likeness (QED) is 0.414. The minimum absolute atomic E-state index is 1.16. The van der Waals surface area contributed by atoms with E-state index in [2.05, 4.69) is 101 Å². The van der Waals surface area contributed by atoms with Gasteiger partial charge in [-0.05, 0) is 24.3 Å². The second-order valence-electron chi connectivity index (χ2n) is 6.30. The Morgan fingerprint density at radius 3 is 2.12 bits per heavy atom. The summed E-state index contributed by atoms with van der Waals surface area (Å²) >= 11 is 0. The Kier molecular flexibility index (Phi) is 2.63. The van der Waals surface area contributed by atoms with E-state index in [9.17, 15) is 0 Å². The van der Waals surface area contributed by atoms with E-state index in [1.165, 1.54) is 32.8 Å². The highest BCUT2D eigenvalue weighted by atomic mass is 15.2. The molecule has 0 saturated heterocycles. The number of fused-ring (bicyclic) bond motifs is 5. The zero-order valence-corrected chi connectivity index (χ0v) is 13.8. The third kappa shape index (κ3) is 1.59. The summed E-state index contributed by atoms with van der Waals surface area (Å²) in [5.41, 5.74) is 3.74. The number of hydrogen-bond donors (Lipinski definition) is 0. The molecule has 3 heteroatoms. The number of hydrogen-bond acceptors (Lipinski definition) is 0. The van der Waals surface area contributed by atoms with Crippen molar-refractivity contribution >= 4 is 32.8 Å². The molecule has 2 aromatic carbocycles. The Morgan fingerprint density at radius 1 is 0.750 bits per heavy atom. The fraction of sp³-hybridized carbons (Fsp3) is 0.0952. The normalized spacial score (nSPS) is 11.8. The molecule has 0 N–H and O–H groups in total. The van der Waals surface area contributed by atoms with Crippen molar-refractivity contribution in [2.75, 3.05) is 0 Å². The summed E-state index contributed by atoms with van der Waals surface area (Å²) in [6.07, 6.45) is 2.10. The molecular formula is C21H18N3+. The highest BCUT2D eigenvalue weighted by Gasteiger charge is 2.25. The predicted octanol–water partition coefficient (Wildman–Crippen LogP) is 4.10. The van der Waals surface area contributed by atoms with Crippen molar-refractivity contribution in [2.45, 2.75) is 0 Å². The first kappa shape index (κ1) is 13.4. The van der Waals surface area contributed by atoms with E-state index in [0.29, 0.717) is 0 Å². The van der Waals surface area contributed by atoms with Gasteiger partial charge in [-0.25, -0.2) is 4.57 Å². The molecule has 24 heavy (non-hydrogen) atoms. The summed E-state index contributed by atoms with van der Waals surface area (Å²) in [7, 11) is 4.25. The van der Waals surface area contributed by atoms with Crippen LogP contribution in [0, 0.1) is 0 Å². The van der Waals surface area contributed by atoms with Crippen LogP contribution in [0.25, 0.3) is 38.7 Å². The lowest BCUT2D eigenvalue weighted by Gasteiger charge is -2.04. The van der Waals surface area contributed by atoms with Gasteiger partial charge in [0.25, 0.3) is 5.82 Å². The summed E-state index contributed by atoms with van der Waals surface area (Å²) in [6, 6.07) is 23.6. The number of aryl methyl sites for hydroxylation is 2. The average molecular weight is 312 g/mol. The molecule has 0 aliphatic carbocycles. The second kappa shape index (κ2) is 4.71. The molecule has 0 radical (unpaired) electrons. The summed E-state index contributed by atoms with van der Waals surface area (Å²) in [5.74, 6) is 1.16. The van der Waals surface area contributed by atoms with Crippen molar-refractivity contribution in [1.29, 1.82) is 0 Å². The van der Waals surface area contributed by atoms with Gasteiger partial charge < -0.3 is 4.57 Å². The fourth-order valence-corrected chi connectivity index (χ4v) is 3.88. The van der Waals surface area contributed by atoms with E-state index in [0.717, 1.165) is 5.82 Å². The van der Waals surface area contributed by atoms with Gasteiger partial charge in [-0.15, -0.1) is 0 Å². The molecule has 0 spiro atoms. The monoisotopic (exact) mass is 312 g/mol. The first-order valence-electron chi connectivity index (χ1n) is 8.19. The lowest BCUT2D eigenvalue weighted by atomic mass is 10.1. The van der Waals surface area contributed by atoms with Gasteiger partial charge >= 0.3 is 0 Å². The first-order chi connectivity index (χ1) is 11.8. The van der Waals surface area contributed by atoms with Crippen LogP contribution in [0.4, 0.5) is 0 Å². The van der Waals surface area contributed by atoms with Gasteiger partial charge in [0, 0.05) is 23.9 Å². The van der Waals surface area contributed by atoms with Crippen molar-refractivity contribution < 1.29 is 4.57 Å². The molecule has 0 aliphatic heterocycles. The van der Waals surface area contributed by atoms with Crippen LogP contribution in [0.3, 0.4) is 0 Å². The van der Waals surface area contributed by atoms with Crippen molar-refractivity contribution in [2.24, 2.45) is 14.1 Å². The zero-order valence-electron chi connectivity index (χ0n) is 13.8. The topological polar surface area (TPSA) is 13.7 Å². The number of benzene rings is 2. The Bertz CT molecular complexity index is 1220. The van der Waals surface area contributed by atoms with Crippen LogP contribution in [0.5, 0.6) is 0 Å². The highest BCUT2D eigenvalue weighted by molar-refractivity contribution is 6.21. The van der Waals surface area contributed by atoms with Crippen LogP contribution in [-0.2, 0) is 14.1 Å². The maximum absolute atomic E-state index is 2.37. The highest BCUT2D eigenvalue weighted by Crippen LogP contribution is 2.37. The van der Waals surface area contributed by atoms with Gasteiger partial charge in [0.2, 0.25) is 5.65 Å². The lowest BCUT2D eigenvalue weighted by molar-refractivity contribution is -0.665. The summed E-state index contributed by atoms with van der Waals surface area (Å²) in [6.45, 7) is 0. The predicted molar refractivity (Wildman–Crippen MR) is 98.4 cm³/mol. The Labute approximate surface area is 140 Å². The minimum atomic E-state index is 1.16. The van der Waals surface area contributed by atoms with Crippen LogP contribution in [0.2, 0.25) is 0 Å². The number of pyridine rings is 1. The minimum Gasteiger partial charge on any atom is -0.311 e. The third-order valence-electron chi connectivity index (χ3n) is 4.96. The van der Waals surface area contributed by atoms with Gasteiger partial charge in [0.05, 0.1) is 24.1 Å². The third-order valence-corrected chi connectivity index (χ3v) is 4.96. The Balaban J connectivity index is 2.11. The lowest BCUT2D eigenvalue weighted by Crippen LogP contribution is -2.33. The summed E-state index contributed by atoms with van der Waals surface area (Å²) in [4.78, 5) is 0. The summed E-state index contributed by atoms with van der Waals surface area (Å²) < 4.78 is 6.84. The fourth-order valence-electron chi connectivity index (χ4n) is 3.88. The number of nitrogens with zero attached hydrogens (tertiary/aromatic N) is 3. The molecule has 0 aliphatic rings.